The van der Waals surface area contributed by atoms with Gasteiger partial charge in [-0.2, -0.15) is 0 Å². The first-order chi connectivity index (χ1) is 7.94. The Labute approximate surface area is 106 Å². The lowest BCUT2D eigenvalue weighted by Gasteiger charge is -2.46. The minimum Gasteiger partial charge on any atom is -0.329 e. The molecule has 0 spiro atoms. The van der Waals surface area contributed by atoms with Gasteiger partial charge in [0.15, 0.2) is 0 Å². The average molecular weight is 242 g/mol. The van der Waals surface area contributed by atoms with Crippen molar-refractivity contribution in [3.63, 3.8) is 0 Å². The maximum Gasteiger partial charge on any atom is 0.0651 e. The molecule has 2 fully saturated rings. The summed E-state index contributed by atoms with van der Waals surface area (Å²) in [5.41, 5.74) is 16.5. The standard InChI is InChI=1S/C7H14.C6H16N4/c1-7-5-3-2-4-6-7;1-6(9)2-5(10-6)4(8)3-7/h7H,2-6H2,1H3;4-5,10H,2-3,7-9H2,1H3/t;4-,5?,6?/m.1/s1. The van der Waals surface area contributed by atoms with Crippen LogP contribution in [-0.4, -0.2) is 24.3 Å². The van der Waals surface area contributed by atoms with Crippen molar-refractivity contribution in [2.75, 3.05) is 6.54 Å². The van der Waals surface area contributed by atoms with Crippen LogP contribution >= 0.6 is 0 Å². The maximum absolute atomic E-state index is 5.70. The van der Waals surface area contributed by atoms with Crippen molar-refractivity contribution in [2.24, 2.45) is 23.1 Å². The van der Waals surface area contributed by atoms with Gasteiger partial charge in [0.2, 0.25) is 0 Å². The zero-order chi connectivity index (χ0) is 12.9. The Morgan fingerprint density at radius 2 is 1.82 bits per heavy atom. The molecule has 0 bridgehead atoms. The van der Waals surface area contributed by atoms with E-state index in [4.69, 9.17) is 17.2 Å². The van der Waals surface area contributed by atoms with Gasteiger partial charge in [-0.25, -0.2) is 0 Å². The van der Waals surface area contributed by atoms with Gasteiger partial charge in [-0.05, 0) is 19.3 Å². The minimum atomic E-state index is -0.211. The first-order valence-electron chi connectivity index (χ1n) is 6.97. The van der Waals surface area contributed by atoms with E-state index in [9.17, 15) is 0 Å². The molecule has 4 nitrogen and oxygen atoms in total. The molecule has 0 aromatic carbocycles. The highest BCUT2D eigenvalue weighted by Gasteiger charge is 2.38. The molecule has 0 radical (unpaired) electrons. The molecule has 0 aromatic rings. The highest BCUT2D eigenvalue weighted by atomic mass is 15.2. The summed E-state index contributed by atoms with van der Waals surface area (Å²) in [5, 5.41) is 3.14. The monoisotopic (exact) mass is 242 g/mol. The SMILES string of the molecule is CC1(N)CC([C@H](N)CN)N1.CC1CCCCC1. The van der Waals surface area contributed by atoms with E-state index in [2.05, 4.69) is 12.2 Å². The smallest absolute Gasteiger partial charge is 0.0651 e. The summed E-state index contributed by atoms with van der Waals surface area (Å²) in [6.45, 7) is 4.83. The Kier molecular flexibility index (Phi) is 5.86. The summed E-state index contributed by atoms with van der Waals surface area (Å²) in [6.07, 6.45) is 8.36. The number of nitrogens with one attached hydrogen (secondary N) is 1. The van der Waals surface area contributed by atoms with Gasteiger partial charge >= 0.3 is 0 Å². The van der Waals surface area contributed by atoms with E-state index in [0.29, 0.717) is 12.6 Å². The van der Waals surface area contributed by atoms with Gasteiger partial charge in [0.05, 0.1) is 5.66 Å². The van der Waals surface area contributed by atoms with Crippen LogP contribution in [0.3, 0.4) is 0 Å². The lowest BCUT2D eigenvalue weighted by molar-refractivity contribution is 0.141. The van der Waals surface area contributed by atoms with Crippen LogP contribution in [0.5, 0.6) is 0 Å². The first-order valence-corrected chi connectivity index (χ1v) is 6.97. The molecule has 1 saturated carbocycles. The molecule has 2 rings (SSSR count). The topological polar surface area (TPSA) is 90.1 Å². The van der Waals surface area contributed by atoms with E-state index in [-0.39, 0.29) is 11.7 Å². The van der Waals surface area contributed by atoms with Gasteiger partial charge in [0.1, 0.15) is 0 Å². The summed E-state index contributed by atoms with van der Waals surface area (Å²) < 4.78 is 0. The molecule has 102 valence electrons. The van der Waals surface area contributed by atoms with E-state index < -0.39 is 0 Å². The van der Waals surface area contributed by atoms with Gasteiger partial charge in [0, 0.05) is 18.6 Å². The fourth-order valence-electron chi connectivity index (χ4n) is 2.59. The number of nitrogens with two attached hydrogens (primary N) is 3. The summed E-state index contributed by atoms with van der Waals surface area (Å²) in [5.74, 6) is 1.04. The van der Waals surface area contributed by atoms with Crippen LogP contribution in [0.15, 0.2) is 0 Å². The van der Waals surface area contributed by atoms with Gasteiger partial charge in [-0.3, -0.25) is 5.32 Å². The predicted octanol–water partition coefficient (Wildman–Crippen LogP) is 0.896. The van der Waals surface area contributed by atoms with Crippen molar-refractivity contribution < 1.29 is 0 Å². The summed E-state index contributed by atoms with van der Waals surface area (Å²) in [4.78, 5) is 0. The number of rotatable bonds is 2. The maximum atomic E-state index is 5.70. The van der Waals surface area contributed by atoms with E-state index >= 15 is 0 Å². The average Bonchev–Trinajstić information content (AvgIpc) is 2.26. The van der Waals surface area contributed by atoms with Crippen LogP contribution in [0.2, 0.25) is 0 Å². The Morgan fingerprint density at radius 3 is 2.12 bits per heavy atom. The lowest BCUT2D eigenvalue weighted by Crippen LogP contribution is -2.72. The fourth-order valence-corrected chi connectivity index (χ4v) is 2.59. The molecule has 1 saturated heterocycles. The molecule has 1 aliphatic carbocycles. The molecule has 1 heterocycles. The van der Waals surface area contributed by atoms with Gasteiger partial charge in [-0.15, -0.1) is 0 Å². The van der Waals surface area contributed by atoms with Crippen molar-refractivity contribution in [1.82, 2.24) is 5.32 Å². The second kappa shape index (κ2) is 6.69. The van der Waals surface area contributed by atoms with E-state index in [1.165, 1.54) is 32.1 Å². The molecule has 17 heavy (non-hydrogen) atoms. The number of hydrogen-bond donors (Lipinski definition) is 4. The predicted molar refractivity (Wildman–Crippen MR) is 73.4 cm³/mol. The van der Waals surface area contributed by atoms with Gasteiger partial charge < -0.3 is 17.2 Å². The fraction of sp³-hybridized carbons (Fsp3) is 1.00. The molecule has 7 N–H and O–H groups in total. The van der Waals surface area contributed by atoms with E-state index in [1.807, 2.05) is 6.92 Å². The van der Waals surface area contributed by atoms with E-state index in [0.717, 1.165) is 12.3 Å². The highest BCUT2D eigenvalue weighted by Crippen LogP contribution is 2.22. The van der Waals surface area contributed by atoms with Crippen molar-refractivity contribution >= 4 is 0 Å². The van der Waals surface area contributed by atoms with Crippen molar-refractivity contribution in [1.29, 1.82) is 0 Å². The van der Waals surface area contributed by atoms with Gasteiger partial charge in [0.25, 0.3) is 0 Å². The van der Waals surface area contributed by atoms with Gasteiger partial charge in [-0.1, -0.05) is 39.0 Å². The second-order valence-corrected chi connectivity index (χ2v) is 6.02. The van der Waals surface area contributed by atoms with Crippen molar-refractivity contribution in [3.05, 3.63) is 0 Å². The van der Waals surface area contributed by atoms with Crippen molar-refractivity contribution in [3.8, 4) is 0 Å². The van der Waals surface area contributed by atoms with Crippen LogP contribution in [0.4, 0.5) is 0 Å². The molecular weight excluding hydrogens is 212 g/mol. The Morgan fingerprint density at radius 1 is 1.29 bits per heavy atom. The normalized spacial score (nSPS) is 35.5. The largest absolute Gasteiger partial charge is 0.329 e. The summed E-state index contributed by atoms with van der Waals surface area (Å²) in [6, 6.07) is 0.372. The third-order valence-electron chi connectivity index (χ3n) is 3.84. The highest BCUT2D eigenvalue weighted by molar-refractivity contribution is 5.00. The third kappa shape index (κ3) is 5.34. The zero-order valence-electron chi connectivity index (χ0n) is 11.4. The molecule has 1 aliphatic heterocycles. The second-order valence-electron chi connectivity index (χ2n) is 6.02. The Hall–Kier alpha value is -0.160. The molecule has 2 aliphatic rings. The van der Waals surface area contributed by atoms with Crippen LogP contribution in [0.25, 0.3) is 0 Å². The Bertz CT molecular complexity index is 203. The summed E-state index contributed by atoms with van der Waals surface area (Å²) in [7, 11) is 0. The first kappa shape index (κ1) is 14.9. The molecule has 0 aromatic heterocycles. The quantitative estimate of drug-likeness (QED) is 0.579. The van der Waals surface area contributed by atoms with Crippen LogP contribution < -0.4 is 22.5 Å². The van der Waals surface area contributed by atoms with Crippen molar-refractivity contribution in [2.45, 2.75) is 70.1 Å². The van der Waals surface area contributed by atoms with Crippen LogP contribution in [0.1, 0.15) is 52.4 Å². The molecule has 0 amide bonds. The lowest BCUT2D eigenvalue weighted by atomic mass is 9.87. The van der Waals surface area contributed by atoms with Crippen LogP contribution in [-0.2, 0) is 0 Å². The minimum absolute atomic E-state index is 0.0524. The Balaban J connectivity index is 0.000000181. The molecular formula is C13H30N4. The molecule has 2 unspecified atom stereocenters. The summed E-state index contributed by atoms with van der Waals surface area (Å²) >= 11 is 0. The third-order valence-corrected chi connectivity index (χ3v) is 3.84. The van der Waals surface area contributed by atoms with E-state index in [1.54, 1.807) is 0 Å². The number of hydrogen-bond acceptors (Lipinski definition) is 4. The molecule has 3 atom stereocenters. The zero-order valence-corrected chi connectivity index (χ0v) is 11.4. The van der Waals surface area contributed by atoms with Crippen LogP contribution in [0, 0.1) is 5.92 Å². The molecule has 4 heteroatoms.